The Morgan fingerprint density at radius 1 is 1.50 bits per heavy atom. The van der Waals surface area contributed by atoms with Gasteiger partial charge in [0.1, 0.15) is 5.69 Å². The quantitative estimate of drug-likeness (QED) is 0.888. The molecule has 2 aromatic rings. The van der Waals surface area contributed by atoms with Gasteiger partial charge in [0, 0.05) is 10.2 Å². The summed E-state index contributed by atoms with van der Waals surface area (Å²) in [4.78, 5) is 18.3. The zero-order valence-electron chi connectivity index (χ0n) is 8.62. The number of carbonyl (C=O) groups excluding carboxylic acids is 1. The molecule has 0 bridgehead atoms. The Kier molecular flexibility index (Phi) is 3.05. The van der Waals surface area contributed by atoms with E-state index in [4.69, 9.17) is 0 Å². The van der Waals surface area contributed by atoms with Crippen LogP contribution in [0.5, 0.6) is 0 Å². The van der Waals surface area contributed by atoms with E-state index in [1.165, 1.54) is 12.5 Å². The Labute approximate surface area is 101 Å². The zero-order chi connectivity index (χ0) is 11.5. The van der Waals surface area contributed by atoms with Gasteiger partial charge in [-0.15, -0.1) is 0 Å². The van der Waals surface area contributed by atoms with E-state index in [-0.39, 0.29) is 5.91 Å². The van der Waals surface area contributed by atoms with Gasteiger partial charge in [-0.2, -0.15) is 0 Å². The lowest BCUT2D eigenvalue weighted by atomic mass is 10.2. The third-order valence-corrected chi connectivity index (χ3v) is 2.67. The van der Waals surface area contributed by atoms with E-state index >= 15 is 0 Å². The maximum atomic E-state index is 11.7. The molecule has 1 aromatic carbocycles. The number of carbonyl (C=O) groups is 1. The Balaban J connectivity index is 2.18. The van der Waals surface area contributed by atoms with Gasteiger partial charge in [0.2, 0.25) is 0 Å². The summed E-state index contributed by atoms with van der Waals surface area (Å²) in [6.45, 7) is 1.94. The van der Waals surface area contributed by atoms with Crippen molar-refractivity contribution >= 4 is 27.5 Å². The SMILES string of the molecule is Cc1cc(Br)ccc1NC(=O)c1cnc[nH]1. The highest BCUT2D eigenvalue weighted by Crippen LogP contribution is 2.20. The maximum Gasteiger partial charge on any atom is 0.273 e. The van der Waals surface area contributed by atoms with Crippen molar-refractivity contribution in [1.29, 1.82) is 0 Å². The number of benzene rings is 1. The highest BCUT2D eigenvalue weighted by atomic mass is 79.9. The fourth-order valence-corrected chi connectivity index (χ4v) is 1.81. The van der Waals surface area contributed by atoms with Crippen molar-refractivity contribution in [2.45, 2.75) is 6.92 Å². The van der Waals surface area contributed by atoms with Gasteiger partial charge >= 0.3 is 0 Å². The number of imidazole rings is 1. The first kappa shape index (κ1) is 10.9. The van der Waals surface area contributed by atoms with E-state index in [0.29, 0.717) is 5.69 Å². The van der Waals surface area contributed by atoms with Crippen molar-refractivity contribution in [3.63, 3.8) is 0 Å². The minimum atomic E-state index is -0.192. The number of amides is 1. The van der Waals surface area contributed by atoms with E-state index < -0.39 is 0 Å². The van der Waals surface area contributed by atoms with E-state index in [9.17, 15) is 4.79 Å². The summed E-state index contributed by atoms with van der Waals surface area (Å²) in [5, 5.41) is 2.81. The number of nitrogens with zero attached hydrogens (tertiary/aromatic N) is 1. The van der Waals surface area contributed by atoms with Gasteiger partial charge in [-0.05, 0) is 30.7 Å². The summed E-state index contributed by atoms with van der Waals surface area (Å²) < 4.78 is 0.990. The van der Waals surface area contributed by atoms with Crippen molar-refractivity contribution in [3.8, 4) is 0 Å². The molecule has 0 saturated carbocycles. The second kappa shape index (κ2) is 4.49. The molecule has 0 radical (unpaired) electrons. The molecule has 0 aliphatic heterocycles. The third kappa shape index (κ3) is 2.30. The first-order valence-electron chi connectivity index (χ1n) is 4.72. The summed E-state index contributed by atoms with van der Waals surface area (Å²) in [6, 6.07) is 5.69. The summed E-state index contributed by atoms with van der Waals surface area (Å²) in [6.07, 6.45) is 2.97. The number of hydrogen-bond donors (Lipinski definition) is 2. The number of rotatable bonds is 2. The molecule has 0 spiro atoms. The van der Waals surface area contributed by atoms with E-state index in [0.717, 1.165) is 15.7 Å². The summed E-state index contributed by atoms with van der Waals surface area (Å²) in [5.74, 6) is -0.192. The third-order valence-electron chi connectivity index (χ3n) is 2.18. The molecule has 2 rings (SSSR count). The summed E-state index contributed by atoms with van der Waals surface area (Å²) in [7, 11) is 0. The molecule has 1 aromatic heterocycles. The first-order valence-corrected chi connectivity index (χ1v) is 5.52. The molecule has 1 heterocycles. The fraction of sp³-hybridized carbons (Fsp3) is 0.0909. The van der Waals surface area contributed by atoms with Crippen LogP contribution in [0.1, 0.15) is 16.1 Å². The van der Waals surface area contributed by atoms with Gasteiger partial charge in [0.15, 0.2) is 0 Å². The molecule has 2 N–H and O–H groups in total. The number of anilines is 1. The van der Waals surface area contributed by atoms with Crippen molar-refractivity contribution in [3.05, 3.63) is 46.5 Å². The van der Waals surface area contributed by atoms with Crippen LogP contribution in [0, 0.1) is 6.92 Å². The Morgan fingerprint density at radius 2 is 2.31 bits per heavy atom. The fourth-order valence-electron chi connectivity index (χ4n) is 1.34. The molecule has 0 aliphatic carbocycles. The Morgan fingerprint density at radius 3 is 2.94 bits per heavy atom. The van der Waals surface area contributed by atoms with Crippen LogP contribution in [-0.4, -0.2) is 15.9 Å². The largest absolute Gasteiger partial charge is 0.341 e. The van der Waals surface area contributed by atoms with Gasteiger partial charge in [0.25, 0.3) is 5.91 Å². The number of hydrogen-bond acceptors (Lipinski definition) is 2. The summed E-state index contributed by atoms with van der Waals surface area (Å²) in [5.41, 5.74) is 2.24. The van der Waals surface area contributed by atoms with Gasteiger partial charge in [0.05, 0.1) is 12.5 Å². The Hall–Kier alpha value is -1.62. The zero-order valence-corrected chi connectivity index (χ0v) is 10.2. The average molecular weight is 280 g/mol. The van der Waals surface area contributed by atoms with Crippen LogP contribution in [0.3, 0.4) is 0 Å². The lowest BCUT2D eigenvalue weighted by molar-refractivity contribution is 0.102. The van der Waals surface area contributed by atoms with E-state index in [1.807, 2.05) is 25.1 Å². The standard InChI is InChI=1S/C11H10BrN3O/c1-7-4-8(12)2-3-9(7)15-11(16)10-5-13-6-14-10/h2-6H,1H3,(H,13,14)(H,15,16). The predicted molar refractivity (Wildman–Crippen MR) is 65.4 cm³/mol. The number of aromatic amines is 1. The number of aryl methyl sites for hydroxylation is 1. The monoisotopic (exact) mass is 279 g/mol. The molecule has 0 fully saturated rings. The van der Waals surface area contributed by atoms with Crippen LogP contribution < -0.4 is 5.32 Å². The summed E-state index contributed by atoms with van der Waals surface area (Å²) >= 11 is 3.37. The molecular weight excluding hydrogens is 270 g/mol. The predicted octanol–water partition coefficient (Wildman–Crippen LogP) is 2.73. The molecule has 0 unspecified atom stereocenters. The number of H-pyrrole nitrogens is 1. The highest BCUT2D eigenvalue weighted by Gasteiger charge is 2.08. The van der Waals surface area contributed by atoms with Crippen LogP contribution >= 0.6 is 15.9 Å². The highest BCUT2D eigenvalue weighted by molar-refractivity contribution is 9.10. The molecule has 4 nitrogen and oxygen atoms in total. The topological polar surface area (TPSA) is 57.8 Å². The molecule has 1 amide bonds. The van der Waals surface area contributed by atoms with E-state index in [1.54, 1.807) is 0 Å². The number of nitrogens with one attached hydrogen (secondary N) is 2. The van der Waals surface area contributed by atoms with Gasteiger partial charge in [-0.3, -0.25) is 4.79 Å². The lowest BCUT2D eigenvalue weighted by Gasteiger charge is -2.07. The average Bonchev–Trinajstić information content (AvgIpc) is 2.75. The molecular formula is C11H10BrN3O. The van der Waals surface area contributed by atoms with Crippen molar-refractivity contribution < 1.29 is 4.79 Å². The van der Waals surface area contributed by atoms with Crippen LogP contribution in [0.4, 0.5) is 5.69 Å². The van der Waals surface area contributed by atoms with Crippen molar-refractivity contribution in [2.75, 3.05) is 5.32 Å². The van der Waals surface area contributed by atoms with Crippen LogP contribution in [-0.2, 0) is 0 Å². The van der Waals surface area contributed by atoms with Crippen LogP contribution in [0.25, 0.3) is 0 Å². The second-order valence-corrected chi connectivity index (χ2v) is 4.29. The molecule has 16 heavy (non-hydrogen) atoms. The minimum Gasteiger partial charge on any atom is -0.341 e. The van der Waals surface area contributed by atoms with Crippen LogP contribution in [0.2, 0.25) is 0 Å². The van der Waals surface area contributed by atoms with Crippen molar-refractivity contribution in [1.82, 2.24) is 9.97 Å². The van der Waals surface area contributed by atoms with Gasteiger partial charge < -0.3 is 10.3 Å². The normalized spacial score (nSPS) is 10.1. The maximum absolute atomic E-state index is 11.7. The number of aromatic nitrogens is 2. The minimum absolute atomic E-state index is 0.192. The first-order chi connectivity index (χ1) is 7.66. The number of halogens is 1. The molecule has 0 saturated heterocycles. The molecule has 0 atom stereocenters. The molecule has 0 aliphatic rings. The second-order valence-electron chi connectivity index (χ2n) is 3.38. The lowest BCUT2D eigenvalue weighted by Crippen LogP contribution is -2.12. The van der Waals surface area contributed by atoms with Crippen molar-refractivity contribution in [2.24, 2.45) is 0 Å². The smallest absolute Gasteiger partial charge is 0.273 e. The van der Waals surface area contributed by atoms with Crippen LogP contribution in [0.15, 0.2) is 35.2 Å². The van der Waals surface area contributed by atoms with Gasteiger partial charge in [-0.25, -0.2) is 4.98 Å². The van der Waals surface area contributed by atoms with Gasteiger partial charge in [-0.1, -0.05) is 15.9 Å². The Bertz CT molecular complexity index is 508. The molecule has 82 valence electrons. The van der Waals surface area contributed by atoms with E-state index in [2.05, 4.69) is 31.2 Å². The molecule has 5 heteroatoms.